The molecule has 1 aliphatic carbocycles. The van der Waals surface area contributed by atoms with Crippen molar-refractivity contribution in [1.29, 1.82) is 0 Å². The highest BCUT2D eigenvalue weighted by molar-refractivity contribution is 5.33. The maximum atomic E-state index is 9.40. The molecule has 1 aliphatic rings. The van der Waals surface area contributed by atoms with Crippen LogP contribution in [0.1, 0.15) is 30.7 Å². The molecule has 0 aromatic heterocycles. The van der Waals surface area contributed by atoms with E-state index in [9.17, 15) is 5.11 Å². The number of rotatable bonds is 8. The lowest BCUT2D eigenvalue weighted by Gasteiger charge is -2.21. The molecule has 1 fully saturated rings. The van der Waals surface area contributed by atoms with E-state index in [0.29, 0.717) is 19.1 Å². The topological polar surface area (TPSA) is 73.9 Å². The Bertz CT molecular complexity index is 703. The molecular formula is C21H27NO4. The second-order valence-electron chi connectivity index (χ2n) is 6.91. The lowest BCUT2D eigenvalue weighted by molar-refractivity contribution is 0.198. The number of ether oxygens (including phenoxy) is 3. The maximum absolute atomic E-state index is 9.40. The van der Waals surface area contributed by atoms with Gasteiger partial charge >= 0.3 is 0 Å². The van der Waals surface area contributed by atoms with Gasteiger partial charge in [-0.3, -0.25) is 0 Å². The molecule has 26 heavy (non-hydrogen) atoms. The summed E-state index contributed by atoms with van der Waals surface area (Å²) < 4.78 is 16.6. The van der Waals surface area contributed by atoms with Gasteiger partial charge in [0.05, 0.1) is 13.7 Å². The molecule has 2 aromatic carbocycles. The van der Waals surface area contributed by atoms with Crippen LogP contribution in [0.15, 0.2) is 48.5 Å². The number of nitrogens with two attached hydrogens (primary N) is 1. The van der Waals surface area contributed by atoms with E-state index in [1.54, 1.807) is 7.11 Å². The van der Waals surface area contributed by atoms with E-state index in [1.165, 1.54) is 5.56 Å². The minimum Gasteiger partial charge on any atom is -0.497 e. The van der Waals surface area contributed by atoms with Crippen molar-refractivity contribution in [2.45, 2.75) is 30.7 Å². The average Bonchev–Trinajstić information content (AvgIpc) is 3.09. The minimum absolute atomic E-state index is 0.0536. The molecule has 0 heterocycles. The molecule has 0 aliphatic heterocycles. The Morgan fingerprint density at radius 2 is 1.73 bits per heavy atom. The summed E-state index contributed by atoms with van der Waals surface area (Å²) in [6.07, 6.45) is 2.72. The first-order valence-corrected chi connectivity index (χ1v) is 9.01. The average molecular weight is 357 g/mol. The van der Waals surface area contributed by atoms with Crippen molar-refractivity contribution in [3.63, 3.8) is 0 Å². The van der Waals surface area contributed by atoms with E-state index in [2.05, 4.69) is 12.1 Å². The van der Waals surface area contributed by atoms with Crippen LogP contribution in [-0.4, -0.2) is 37.6 Å². The molecule has 0 radical (unpaired) electrons. The molecule has 5 nitrogen and oxygen atoms in total. The van der Waals surface area contributed by atoms with Gasteiger partial charge in [-0.25, -0.2) is 0 Å². The second-order valence-corrected chi connectivity index (χ2v) is 6.91. The molecule has 3 N–H and O–H groups in total. The van der Waals surface area contributed by atoms with Gasteiger partial charge in [-0.05, 0) is 55.0 Å². The van der Waals surface area contributed by atoms with Crippen LogP contribution in [0.2, 0.25) is 0 Å². The van der Waals surface area contributed by atoms with E-state index in [4.69, 9.17) is 19.9 Å². The molecule has 140 valence electrons. The van der Waals surface area contributed by atoms with Crippen molar-refractivity contribution in [3.8, 4) is 17.2 Å². The molecule has 0 unspecified atom stereocenters. The van der Waals surface area contributed by atoms with Crippen molar-refractivity contribution in [2.24, 2.45) is 5.73 Å². The molecule has 0 saturated heterocycles. The van der Waals surface area contributed by atoms with Crippen LogP contribution in [0.3, 0.4) is 0 Å². The number of hydrogen-bond donors (Lipinski definition) is 2. The van der Waals surface area contributed by atoms with Gasteiger partial charge in [-0.1, -0.05) is 18.2 Å². The summed E-state index contributed by atoms with van der Waals surface area (Å²) in [6, 6.07) is 15.7. The fourth-order valence-electron chi connectivity index (χ4n) is 3.43. The summed E-state index contributed by atoms with van der Waals surface area (Å²) in [4.78, 5) is 0. The Hall–Kier alpha value is -2.24. The first-order valence-electron chi connectivity index (χ1n) is 9.01. The minimum atomic E-state index is -0.419. The van der Waals surface area contributed by atoms with Gasteiger partial charge in [0.25, 0.3) is 0 Å². The van der Waals surface area contributed by atoms with Crippen LogP contribution in [-0.2, 0) is 0 Å². The van der Waals surface area contributed by atoms with Crippen molar-refractivity contribution in [3.05, 3.63) is 54.1 Å². The van der Waals surface area contributed by atoms with E-state index in [0.717, 1.165) is 36.5 Å². The van der Waals surface area contributed by atoms with E-state index >= 15 is 0 Å². The largest absolute Gasteiger partial charge is 0.497 e. The lowest BCUT2D eigenvalue weighted by atomic mass is 9.94. The summed E-state index contributed by atoms with van der Waals surface area (Å²) >= 11 is 0. The predicted molar refractivity (Wildman–Crippen MR) is 101 cm³/mol. The van der Waals surface area contributed by atoms with Crippen molar-refractivity contribution in [1.82, 2.24) is 0 Å². The first-order chi connectivity index (χ1) is 12.6. The van der Waals surface area contributed by atoms with E-state index < -0.39 is 5.54 Å². The Morgan fingerprint density at radius 1 is 1.04 bits per heavy atom. The zero-order chi connectivity index (χ0) is 18.4. The van der Waals surface area contributed by atoms with Crippen LogP contribution in [0.4, 0.5) is 0 Å². The Kier molecular flexibility index (Phi) is 6.01. The van der Waals surface area contributed by atoms with Gasteiger partial charge in [0.2, 0.25) is 0 Å². The standard InChI is InChI=1S/C21H27NO4/c1-24-19-3-2-4-20(13-19)26-12-11-25-18-7-5-16(6-8-18)17-9-10-21(22,14-17)15-23/h2-8,13,17,23H,9-12,14-15,22H2,1H3/t17-,21+/m1/s1. The zero-order valence-electron chi connectivity index (χ0n) is 15.2. The molecule has 3 rings (SSSR count). The highest BCUT2D eigenvalue weighted by atomic mass is 16.5. The van der Waals surface area contributed by atoms with Crippen molar-refractivity contribution < 1.29 is 19.3 Å². The Labute approximate surface area is 154 Å². The Morgan fingerprint density at radius 3 is 2.38 bits per heavy atom. The smallest absolute Gasteiger partial charge is 0.123 e. The van der Waals surface area contributed by atoms with Crippen LogP contribution in [0, 0.1) is 0 Å². The summed E-state index contributed by atoms with van der Waals surface area (Å²) in [6.45, 7) is 0.984. The number of hydrogen-bond acceptors (Lipinski definition) is 5. The SMILES string of the molecule is COc1cccc(OCCOc2ccc([C@@H]3CC[C@@](N)(CO)C3)cc2)c1. The molecule has 0 bridgehead atoms. The maximum Gasteiger partial charge on any atom is 0.123 e. The second kappa shape index (κ2) is 8.43. The predicted octanol–water partition coefficient (Wildman–Crippen LogP) is 3.11. The monoisotopic (exact) mass is 357 g/mol. The van der Waals surface area contributed by atoms with Crippen molar-refractivity contribution >= 4 is 0 Å². The van der Waals surface area contributed by atoms with Gasteiger partial charge in [0.1, 0.15) is 30.5 Å². The van der Waals surface area contributed by atoms with Crippen molar-refractivity contribution in [2.75, 3.05) is 26.9 Å². The van der Waals surface area contributed by atoms with E-state index in [-0.39, 0.29) is 6.61 Å². The lowest BCUT2D eigenvalue weighted by Crippen LogP contribution is -2.40. The van der Waals surface area contributed by atoms with Crippen LogP contribution >= 0.6 is 0 Å². The molecule has 2 atom stereocenters. The quantitative estimate of drug-likeness (QED) is 0.710. The first kappa shape index (κ1) is 18.5. The molecule has 0 amide bonds. The summed E-state index contributed by atoms with van der Waals surface area (Å²) in [5, 5.41) is 9.40. The normalized spacial score (nSPS) is 22.2. The third-order valence-electron chi connectivity index (χ3n) is 4.97. The molecular weight excluding hydrogens is 330 g/mol. The Balaban J connectivity index is 1.44. The van der Waals surface area contributed by atoms with Gasteiger partial charge in [-0.15, -0.1) is 0 Å². The molecule has 2 aromatic rings. The van der Waals surface area contributed by atoms with Gasteiger partial charge < -0.3 is 25.1 Å². The fourth-order valence-corrected chi connectivity index (χ4v) is 3.43. The molecule has 5 heteroatoms. The highest BCUT2D eigenvalue weighted by Crippen LogP contribution is 2.39. The van der Waals surface area contributed by atoms with E-state index in [1.807, 2.05) is 36.4 Å². The third-order valence-corrected chi connectivity index (χ3v) is 4.97. The number of aliphatic hydroxyl groups is 1. The van der Waals surface area contributed by atoms with Crippen LogP contribution < -0.4 is 19.9 Å². The summed E-state index contributed by atoms with van der Waals surface area (Å²) in [5.74, 6) is 2.77. The van der Waals surface area contributed by atoms with Crippen LogP contribution in [0.25, 0.3) is 0 Å². The molecule has 0 spiro atoms. The fraction of sp³-hybridized carbons (Fsp3) is 0.429. The highest BCUT2D eigenvalue weighted by Gasteiger charge is 2.35. The summed E-state index contributed by atoms with van der Waals surface area (Å²) in [7, 11) is 1.63. The van der Waals surface area contributed by atoms with Gasteiger partial charge in [0.15, 0.2) is 0 Å². The number of aliphatic hydroxyl groups excluding tert-OH is 1. The summed E-state index contributed by atoms with van der Waals surface area (Å²) in [5.41, 5.74) is 7.00. The third kappa shape index (κ3) is 4.68. The van der Waals surface area contributed by atoms with Crippen LogP contribution in [0.5, 0.6) is 17.2 Å². The van der Waals surface area contributed by atoms with Gasteiger partial charge in [-0.2, -0.15) is 0 Å². The number of methoxy groups -OCH3 is 1. The van der Waals surface area contributed by atoms with Gasteiger partial charge in [0, 0.05) is 11.6 Å². The number of benzene rings is 2. The zero-order valence-corrected chi connectivity index (χ0v) is 15.2. The molecule has 1 saturated carbocycles.